The molecule has 0 saturated carbocycles. The molecule has 0 fully saturated rings. The molecule has 1 heterocycles. The Hall–Kier alpha value is -2.24. The molecule has 25 heavy (non-hydrogen) atoms. The molecule has 1 amide bonds. The Kier molecular flexibility index (Phi) is 5.16. The second kappa shape index (κ2) is 7.33. The van der Waals surface area contributed by atoms with E-state index in [2.05, 4.69) is 5.32 Å². The summed E-state index contributed by atoms with van der Waals surface area (Å²) in [6, 6.07) is 9.65. The number of hydrogen-bond acceptors (Lipinski definition) is 4. The van der Waals surface area contributed by atoms with Crippen molar-refractivity contribution in [1.29, 1.82) is 0 Å². The molecule has 0 spiro atoms. The minimum absolute atomic E-state index is 0.0999. The molecular formula is C19H21ClN2O3. The number of amides is 1. The molecule has 3 rings (SSSR count). The average Bonchev–Trinajstić information content (AvgIpc) is 2.98. The third-order valence-corrected chi connectivity index (χ3v) is 4.30. The van der Waals surface area contributed by atoms with Gasteiger partial charge in [0.25, 0.3) is 0 Å². The van der Waals surface area contributed by atoms with Crippen molar-refractivity contribution in [3.8, 4) is 11.5 Å². The SMILES string of the molecule is Cc1cc(C)c(NC(=O)CN(C)Cc2ccc3c(c2)OCO3)c(Cl)c1. The molecule has 6 heteroatoms. The predicted octanol–water partition coefficient (Wildman–Crippen LogP) is 3.76. The summed E-state index contributed by atoms with van der Waals surface area (Å²) in [6.07, 6.45) is 0. The molecule has 0 bridgehead atoms. The predicted molar refractivity (Wildman–Crippen MR) is 98.5 cm³/mol. The zero-order valence-electron chi connectivity index (χ0n) is 14.6. The second-order valence-corrected chi connectivity index (χ2v) is 6.75. The Labute approximate surface area is 152 Å². The van der Waals surface area contributed by atoms with Gasteiger partial charge in [0.1, 0.15) is 0 Å². The maximum absolute atomic E-state index is 12.3. The number of hydrogen-bond donors (Lipinski definition) is 1. The fourth-order valence-corrected chi connectivity index (χ4v) is 3.27. The maximum Gasteiger partial charge on any atom is 0.238 e. The van der Waals surface area contributed by atoms with Gasteiger partial charge in [0.05, 0.1) is 17.3 Å². The monoisotopic (exact) mass is 360 g/mol. The first-order valence-electron chi connectivity index (χ1n) is 8.06. The number of aryl methyl sites for hydroxylation is 2. The first-order valence-corrected chi connectivity index (χ1v) is 8.44. The highest BCUT2D eigenvalue weighted by Gasteiger charge is 2.15. The molecule has 2 aromatic carbocycles. The summed E-state index contributed by atoms with van der Waals surface area (Å²) in [6.45, 7) is 5.06. The van der Waals surface area contributed by atoms with Crippen LogP contribution in [0.1, 0.15) is 16.7 Å². The molecule has 0 radical (unpaired) electrons. The number of ether oxygens (including phenoxy) is 2. The standard InChI is InChI=1S/C19H21ClN2O3/c1-12-6-13(2)19(15(20)7-12)21-18(23)10-22(3)9-14-4-5-16-17(8-14)25-11-24-16/h4-8H,9-11H2,1-3H3,(H,21,23). The van der Waals surface area contributed by atoms with E-state index in [-0.39, 0.29) is 19.2 Å². The number of halogens is 1. The Balaban J connectivity index is 1.59. The number of likely N-dealkylation sites (N-methyl/N-ethyl adjacent to an activating group) is 1. The average molecular weight is 361 g/mol. The van der Waals surface area contributed by atoms with Crippen LogP contribution < -0.4 is 14.8 Å². The third kappa shape index (κ3) is 4.24. The molecule has 2 aromatic rings. The van der Waals surface area contributed by atoms with Crippen molar-refractivity contribution in [2.75, 3.05) is 25.7 Å². The van der Waals surface area contributed by atoms with Crippen LogP contribution in [0.15, 0.2) is 30.3 Å². The van der Waals surface area contributed by atoms with Crippen LogP contribution in [0.4, 0.5) is 5.69 Å². The van der Waals surface area contributed by atoms with Gasteiger partial charge in [-0.05, 0) is 55.8 Å². The van der Waals surface area contributed by atoms with E-state index in [9.17, 15) is 4.79 Å². The lowest BCUT2D eigenvalue weighted by atomic mass is 10.1. The first-order chi connectivity index (χ1) is 11.9. The molecule has 0 aliphatic carbocycles. The van der Waals surface area contributed by atoms with Crippen molar-refractivity contribution in [2.45, 2.75) is 20.4 Å². The number of fused-ring (bicyclic) bond motifs is 1. The van der Waals surface area contributed by atoms with E-state index in [0.717, 1.165) is 28.2 Å². The Bertz CT molecular complexity index is 784. The Morgan fingerprint density at radius 2 is 1.96 bits per heavy atom. The molecule has 132 valence electrons. The van der Waals surface area contributed by atoms with Gasteiger partial charge in [-0.25, -0.2) is 0 Å². The van der Waals surface area contributed by atoms with E-state index in [1.807, 2.05) is 56.1 Å². The fourth-order valence-electron chi connectivity index (χ4n) is 2.91. The van der Waals surface area contributed by atoms with E-state index in [0.29, 0.717) is 17.3 Å². The van der Waals surface area contributed by atoms with Gasteiger partial charge in [0, 0.05) is 6.54 Å². The molecule has 0 unspecified atom stereocenters. The molecule has 0 atom stereocenters. The van der Waals surface area contributed by atoms with Crippen molar-refractivity contribution >= 4 is 23.2 Å². The molecule has 5 nitrogen and oxygen atoms in total. The number of nitrogens with zero attached hydrogens (tertiary/aromatic N) is 1. The van der Waals surface area contributed by atoms with E-state index < -0.39 is 0 Å². The van der Waals surface area contributed by atoms with Crippen LogP contribution in [0.2, 0.25) is 5.02 Å². The summed E-state index contributed by atoms with van der Waals surface area (Å²) in [7, 11) is 1.90. The largest absolute Gasteiger partial charge is 0.454 e. The number of carbonyl (C=O) groups excluding carboxylic acids is 1. The van der Waals surface area contributed by atoms with Crippen molar-refractivity contribution in [3.63, 3.8) is 0 Å². The first kappa shape index (κ1) is 17.6. The highest BCUT2D eigenvalue weighted by Crippen LogP contribution is 2.32. The molecular weight excluding hydrogens is 340 g/mol. The van der Waals surface area contributed by atoms with E-state index in [4.69, 9.17) is 21.1 Å². The highest BCUT2D eigenvalue weighted by atomic mass is 35.5. The van der Waals surface area contributed by atoms with Gasteiger partial charge in [0.2, 0.25) is 12.7 Å². The minimum Gasteiger partial charge on any atom is -0.454 e. The number of benzene rings is 2. The maximum atomic E-state index is 12.3. The van der Waals surface area contributed by atoms with Gasteiger partial charge >= 0.3 is 0 Å². The summed E-state index contributed by atoms with van der Waals surface area (Å²) in [5.41, 5.74) is 3.76. The van der Waals surface area contributed by atoms with Gasteiger partial charge in [-0.3, -0.25) is 9.69 Å². The van der Waals surface area contributed by atoms with Gasteiger partial charge in [-0.1, -0.05) is 23.7 Å². The van der Waals surface area contributed by atoms with E-state index in [1.165, 1.54) is 0 Å². The van der Waals surface area contributed by atoms with Crippen LogP contribution in [0, 0.1) is 13.8 Å². The zero-order chi connectivity index (χ0) is 18.0. The summed E-state index contributed by atoms with van der Waals surface area (Å²) < 4.78 is 10.7. The van der Waals surface area contributed by atoms with Crippen LogP contribution in [0.5, 0.6) is 11.5 Å². The summed E-state index contributed by atoms with van der Waals surface area (Å²) in [5, 5.41) is 3.47. The zero-order valence-corrected chi connectivity index (χ0v) is 15.3. The number of rotatable bonds is 5. The smallest absolute Gasteiger partial charge is 0.238 e. The third-order valence-electron chi connectivity index (χ3n) is 4.00. The summed E-state index contributed by atoms with van der Waals surface area (Å²) in [5.74, 6) is 1.41. The molecule has 1 aliphatic heterocycles. The normalized spacial score (nSPS) is 12.5. The van der Waals surface area contributed by atoms with Crippen LogP contribution >= 0.6 is 11.6 Å². The topological polar surface area (TPSA) is 50.8 Å². The molecule has 0 aromatic heterocycles. The Morgan fingerprint density at radius 1 is 1.20 bits per heavy atom. The summed E-state index contributed by atoms with van der Waals surface area (Å²) >= 11 is 6.25. The summed E-state index contributed by atoms with van der Waals surface area (Å²) in [4.78, 5) is 14.3. The van der Waals surface area contributed by atoms with Crippen LogP contribution in [-0.2, 0) is 11.3 Å². The number of carbonyl (C=O) groups is 1. The van der Waals surface area contributed by atoms with Crippen LogP contribution in [0.25, 0.3) is 0 Å². The number of nitrogens with one attached hydrogen (secondary N) is 1. The lowest BCUT2D eigenvalue weighted by molar-refractivity contribution is -0.117. The molecule has 0 saturated heterocycles. The van der Waals surface area contributed by atoms with E-state index >= 15 is 0 Å². The lowest BCUT2D eigenvalue weighted by Crippen LogP contribution is -2.30. The Morgan fingerprint density at radius 3 is 2.72 bits per heavy atom. The van der Waals surface area contributed by atoms with Gasteiger partial charge < -0.3 is 14.8 Å². The van der Waals surface area contributed by atoms with E-state index in [1.54, 1.807) is 0 Å². The minimum atomic E-state index is -0.0999. The molecule has 1 N–H and O–H groups in total. The van der Waals surface area contributed by atoms with Crippen molar-refractivity contribution in [2.24, 2.45) is 0 Å². The lowest BCUT2D eigenvalue weighted by Gasteiger charge is -2.18. The van der Waals surface area contributed by atoms with Crippen molar-refractivity contribution in [1.82, 2.24) is 4.90 Å². The number of anilines is 1. The quantitative estimate of drug-likeness (QED) is 0.882. The van der Waals surface area contributed by atoms with Crippen LogP contribution in [0.3, 0.4) is 0 Å². The highest BCUT2D eigenvalue weighted by molar-refractivity contribution is 6.34. The van der Waals surface area contributed by atoms with Gasteiger partial charge in [-0.15, -0.1) is 0 Å². The van der Waals surface area contributed by atoms with Crippen molar-refractivity contribution < 1.29 is 14.3 Å². The van der Waals surface area contributed by atoms with Crippen LogP contribution in [-0.4, -0.2) is 31.2 Å². The van der Waals surface area contributed by atoms with Crippen molar-refractivity contribution in [3.05, 3.63) is 52.0 Å². The van der Waals surface area contributed by atoms with Gasteiger partial charge in [-0.2, -0.15) is 0 Å². The van der Waals surface area contributed by atoms with Gasteiger partial charge in [0.15, 0.2) is 11.5 Å². The second-order valence-electron chi connectivity index (χ2n) is 6.35. The molecule has 1 aliphatic rings. The fraction of sp³-hybridized carbons (Fsp3) is 0.316.